The molecule has 0 heterocycles. The van der Waals surface area contributed by atoms with Crippen LogP contribution in [-0.2, 0) is 11.3 Å². The molecule has 0 aliphatic carbocycles. The third kappa shape index (κ3) is 4.15. The Morgan fingerprint density at radius 3 is 2.45 bits per heavy atom. The van der Waals surface area contributed by atoms with Crippen molar-refractivity contribution in [2.45, 2.75) is 12.5 Å². The van der Waals surface area contributed by atoms with Crippen LogP contribution in [0.4, 0.5) is 4.39 Å². The van der Waals surface area contributed by atoms with E-state index in [1.807, 2.05) is 49.5 Å². The van der Waals surface area contributed by atoms with Gasteiger partial charge in [0.1, 0.15) is 5.82 Å². The largest absolute Gasteiger partial charge is 0.376 e. The zero-order valence-electron chi connectivity index (χ0n) is 11.7. The maximum Gasteiger partial charge on any atom is 0.126 e. The third-order valence-corrected chi connectivity index (χ3v) is 3.23. The monoisotopic (exact) mass is 273 g/mol. The van der Waals surface area contributed by atoms with Gasteiger partial charge in [-0.1, -0.05) is 48.5 Å². The molecule has 20 heavy (non-hydrogen) atoms. The molecule has 106 valence electrons. The number of hydrogen-bond acceptors (Lipinski definition) is 2. The van der Waals surface area contributed by atoms with Crippen molar-refractivity contribution in [3.63, 3.8) is 0 Å². The highest BCUT2D eigenvalue weighted by Crippen LogP contribution is 2.19. The molecule has 0 aliphatic rings. The molecule has 2 aromatic carbocycles. The quantitative estimate of drug-likeness (QED) is 0.835. The summed E-state index contributed by atoms with van der Waals surface area (Å²) in [5, 5.41) is 3.10. The number of hydrogen-bond donors (Lipinski definition) is 1. The summed E-state index contributed by atoms with van der Waals surface area (Å²) < 4.78 is 19.6. The van der Waals surface area contributed by atoms with Crippen LogP contribution in [-0.4, -0.2) is 20.2 Å². The van der Waals surface area contributed by atoms with Crippen LogP contribution in [0.3, 0.4) is 0 Å². The molecule has 2 nitrogen and oxygen atoms in total. The van der Waals surface area contributed by atoms with Crippen molar-refractivity contribution in [3.05, 3.63) is 71.5 Å². The van der Waals surface area contributed by atoms with Crippen LogP contribution in [0.15, 0.2) is 54.6 Å². The molecule has 0 aromatic heterocycles. The first-order chi connectivity index (χ1) is 9.81. The first-order valence-corrected chi connectivity index (χ1v) is 6.82. The van der Waals surface area contributed by atoms with E-state index in [0.29, 0.717) is 25.3 Å². The van der Waals surface area contributed by atoms with Crippen LogP contribution in [0.25, 0.3) is 0 Å². The average Bonchev–Trinajstić information content (AvgIpc) is 2.48. The second kappa shape index (κ2) is 7.78. The highest BCUT2D eigenvalue weighted by molar-refractivity contribution is 5.22. The maximum atomic E-state index is 13.8. The van der Waals surface area contributed by atoms with Gasteiger partial charge in [-0.3, -0.25) is 0 Å². The predicted molar refractivity (Wildman–Crippen MR) is 79.2 cm³/mol. The highest BCUT2D eigenvalue weighted by Gasteiger charge is 2.14. The van der Waals surface area contributed by atoms with Gasteiger partial charge in [-0.2, -0.15) is 0 Å². The van der Waals surface area contributed by atoms with E-state index in [0.717, 1.165) is 5.56 Å². The minimum atomic E-state index is -0.170. The molecule has 2 rings (SSSR count). The van der Waals surface area contributed by atoms with Gasteiger partial charge in [0.25, 0.3) is 0 Å². The predicted octanol–water partition coefficient (Wildman–Crippen LogP) is 3.35. The number of halogens is 1. The Kier molecular flexibility index (Phi) is 5.71. The second-order valence-corrected chi connectivity index (χ2v) is 4.78. The van der Waals surface area contributed by atoms with Crippen LogP contribution in [0.1, 0.15) is 17.0 Å². The number of benzene rings is 2. The molecule has 0 bridgehead atoms. The van der Waals surface area contributed by atoms with Gasteiger partial charge >= 0.3 is 0 Å². The van der Waals surface area contributed by atoms with Crippen LogP contribution < -0.4 is 5.32 Å². The molecule has 0 saturated carbocycles. The zero-order chi connectivity index (χ0) is 14.2. The molecule has 1 atom stereocenters. The van der Waals surface area contributed by atoms with E-state index >= 15 is 0 Å². The lowest BCUT2D eigenvalue weighted by atomic mass is 9.99. The van der Waals surface area contributed by atoms with Crippen LogP contribution in [0.5, 0.6) is 0 Å². The van der Waals surface area contributed by atoms with Gasteiger partial charge < -0.3 is 10.1 Å². The standard InChI is InChI=1S/C17H20FNO/c1-19-11-15(16-9-5-6-10-17(16)18)13-20-12-14-7-3-2-4-8-14/h2-10,15,19H,11-13H2,1H3. The lowest BCUT2D eigenvalue weighted by molar-refractivity contribution is 0.106. The van der Waals surface area contributed by atoms with Crippen molar-refractivity contribution in [2.75, 3.05) is 20.2 Å². The summed E-state index contributed by atoms with van der Waals surface area (Å²) in [6, 6.07) is 16.9. The topological polar surface area (TPSA) is 21.3 Å². The average molecular weight is 273 g/mol. The number of rotatable bonds is 7. The van der Waals surface area contributed by atoms with E-state index < -0.39 is 0 Å². The summed E-state index contributed by atoms with van der Waals surface area (Å²) in [5.74, 6) is -0.152. The summed E-state index contributed by atoms with van der Waals surface area (Å²) >= 11 is 0. The van der Waals surface area contributed by atoms with Crippen molar-refractivity contribution < 1.29 is 9.13 Å². The molecule has 0 radical (unpaired) electrons. The van der Waals surface area contributed by atoms with Crippen molar-refractivity contribution in [1.82, 2.24) is 5.32 Å². The van der Waals surface area contributed by atoms with Crippen molar-refractivity contribution >= 4 is 0 Å². The van der Waals surface area contributed by atoms with E-state index in [4.69, 9.17) is 4.74 Å². The molecule has 0 fully saturated rings. The summed E-state index contributed by atoms with van der Waals surface area (Å²) in [6.45, 7) is 1.74. The van der Waals surface area contributed by atoms with Gasteiger partial charge in [0, 0.05) is 12.5 Å². The fourth-order valence-corrected chi connectivity index (χ4v) is 2.20. The first-order valence-electron chi connectivity index (χ1n) is 6.82. The van der Waals surface area contributed by atoms with Gasteiger partial charge in [0.15, 0.2) is 0 Å². The van der Waals surface area contributed by atoms with E-state index in [1.54, 1.807) is 6.07 Å². The highest BCUT2D eigenvalue weighted by atomic mass is 19.1. The Morgan fingerprint density at radius 1 is 1.05 bits per heavy atom. The molecular formula is C17H20FNO. The maximum absolute atomic E-state index is 13.8. The number of nitrogens with one attached hydrogen (secondary N) is 1. The number of likely N-dealkylation sites (N-methyl/N-ethyl adjacent to an activating group) is 1. The minimum Gasteiger partial charge on any atom is -0.376 e. The van der Waals surface area contributed by atoms with Gasteiger partial charge in [0.05, 0.1) is 13.2 Å². The summed E-state index contributed by atoms with van der Waals surface area (Å²) in [6.07, 6.45) is 0. The molecule has 0 spiro atoms. The molecule has 0 saturated heterocycles. The Bertz CT molecular complexity index is 515. The van der Waals surface area contributed by atoms with E-state index in [9.17, 15) is 4.39 Å². The van der Waals surface area contributed by atoms with Crippen molar-refractivity contribution in [2.24, 2.45) is 0 Å². The summed E-state index contributed by atoms with van der Waals surface area (Å²) in [7, 11) is 1.87. The third-order valence-electron chi connectivity index (χ3n) is 3.23. The summed E-state index contributed by atoms with van der Waals surface area (Å²) in [5.41, 5.74) is 1.83. The van der Waals surface area contributed by atoms with E-state index in [2.05, 4.69) is 5.32 Å². The Morgan fingerprint density at radius 2 is 1.75 bits per heavy atom. The van der Waals surface area contributed by atoms with Gasteiger partial charge in [-0.25, -0.2) is 4.39 Å². The summed E-state index contributed by atoms with van der Waals surface area (Å²) in [4.78, 5) is 0. The van der Waals surface area contributed by atoms with Crippen molar-refractivity contribution in [3.8, 4) is 0 Å². The van der Waals surface area contributed by atoms with Gasteiger partial charge in [-0.05, 0) is 24.2 Å². The Balaban J connectivity index is 1.95. The minimum absolute atomic E-state index is 0.0184. The fraction of sp³-hybridized carbons (Fsp3) is 0.294. The fourth-order valence-electron chi connectivity index (χ4n) is 2.20. The van der Waals surface area contributed by atoms with Gasteiger partial charge in [-0.15, -0.1) is 0 Å². The molecule has 0 aliphatic heterocycles. The Labute approximate surface area is 119 Å². The normalized spacial score (nSPS) is 12.3. The number of ether oxygens (including phenoxy) is 1. The molecule has 2 aromatic rings. The Hall–Kier alpha value is -1.71. The van der Waals surface area contributed by atoms with Crippen LogP contribution in [0, 0.1) is 5.82 Å². The lowest BCUT2D eigenvalue weighted by Crippen LogP contribution is -2.22. The smallest absolute Gasteiger partial charge is 0.126 e. The lowest BCUT2D eigenvalue weighted by Gasteiger charge is -2.18. The molecule has 1 unspecified atom stereocenters. The molecular weight excluding hydrogens is 253 g/mol. The molecule has 1 N–H and O–H groups in total. The first kappa shape index (κ1) is 14.7. The SMILES string of the molecule is CNCC(COCc1ccccc1)c1ccccc1F. The molecule has 3 heteroatoms. The molecule has 0 amide bonds. The second-order valence-electron chi connectivity index (χ2n) is 4.78. The van der Waals surface area contributed by atoms with Crippen LogP contribution in [0.2, 0.25) is 0 Å². The van der Waals surface area contributed by atoms with E-state index in [1.165, 1.54) is 6.07 Å². The van der Waals surface area contributed by atoms with Gasteiger partial charge in [0.2, 0.25) is 0 Å². The van der Waals surface area contributed by atoms with E-state index in [-0.39, 0.29) is 11.7 Å². The van der Waals surface area contributed by atoms with Crippen molar-refractivity contribution in [1.29, 1.82) is 0 Å². The van der Waals surface area contributed by atoms with Crippen LogP contribution >= 0.6 is 0 Å². The zero-order valence-corrected chi connectivity index (χ0v) is 11.7.